The fourth-order valence-corrected chi connectivity index (χ4v) is 2.47. The zero-order chi connectivity index (χ0) is 16.3. The maximum atomic E-state index is 12.3. The smallest absolute Gasteiger partial charge is 0.387 e. The number of methoxy groups -OCH3 is 1. The van der Waals surface area contributed by atoms with Gasteiger partial charge in [-0.1, -0.05) is 12.1 Å². The summed E-state index contributed by atoms with van der Waals surface area (Å²) in [5.74, 6) is -0.536. The molecule has 0 radical (unpaired) electrons. The van der Waals surface area contributed by atoms with E-state index in [1.54, 1.807) is 19.1 Å². The maximum Gasteiger partial charge on any atom is 0.387 e. The Balaban J connectivity index is 2.42. The summed E-state index contributed by atoms with van der Waals surface area (Å²) >= 11 is 5.08. The summed E-state index contributed by atoms with van der Waals surface area (Å²) in [7, 11) is 1.27. The summed E-state index contributed by atoms with van der Waals surface area (Å²) in [6, 6.07) is 5.46. The summed E-state index contributed by atoms with van der Waals surface area (Å²) in [6.45, 7) is -1.24. The maximum absolute atomic E-state index is 12.3. The molecule has 1 atom stereocenters. The Morgan fingerprint density at radius 2 is 2.14 bits per heavy atom. The lowest BCUT2D eigenvalue weighted by Gasteiger charge is -2.29. The van der Waals surface area contributed by atoms with Crippen molar-refractivity contribution >= 4 is 23.3 Å². The van der Waals surface area contributed by atoms with E-state index in [2.05, 4.69) is 15.4 Å². The van der Waals surface area contributed by atoms with Gasteiger partial charge in [-0.05, 0) is 36.8 Å². The molecule has 22 heavy (non-hydrogen) atoms. The summed E-state index contributed by atoms with van der Waals surface area (Å²) in [5, 5.41) is 6.10. The van der Waals surface area contributed by atoms with Crippen LogP contribution in [0.4, 0.5) is 8.78 Å². The molecule has 0 saturated heterocycles. The third kappa shape index (κ3) is 3.51. The van der Waals surface area contributed by atoms with Crippen LogP contribution in [-0.2, 0) is 9.53 Å². The number of allylic oxidation sites excluding steroid dienone is 1. The van der Waals surface area contributed by atoms with Crippen LogP contribution < -0.4 is 15.4 Å². The van der Waals surface area contributed by atoms with Gasteiger partial charge in [-0.3, -0.25) is 0 Å². The second-order valence-electron chi connectivity index (χ2n) is 4.51. The number of ether oxygens (including phenoxy) is 2. The van der Waals surface area contributed by atoms with Gasteiger partial charge in [0.25, 0.3) is 0 Å². The minimum absolute atomic E-state index is 0.000574. The second-order valence-corrected chi connectivity index (χ2v) is 4.92. The average molecular weight is 328 g/mol. The molecule has 1 aliphatic rings. The molecule has 118 valence electrons. The monoisotopic (exact) mass is 328 g/mol. The summed E-state index contributed by atoms with van der Waals surface area (Å²) in [6.07, 6.45) is 0. The Morgan fingerprint density at radius 1 is 1.41 bits per heavy atom. The molecule has 0 saturated carbocycles. The van der Waals surface area contributed by atoms with Gasteiger partial charge in [0.05, 0.1) is 18.7 Å². The lowest BCUT2D eigenvalue weighted by atomic mass is 9.95. The minimum Gasteiger partial charge on any atom is -0.466 e. The number of carbonyl (C=O) groups is 1. The molecule has 1 aliphatic heterocycles. The van der Waals surface area contributed by atoms with E-state index in [1.807, 2.05) is 0 Å². The van der Waals surface area contributed by atoms with Crippen molar-refractivity contribution in [1.82, 2.24) is 10.6 Å². The lowest BCUT2D eigenvalue weighted by Crippen LogP contribution is -2.45. The topological polar surface area (TPSA) is 59.6 Å². The Labute approximate surface area is 131 Å². The molecule has 0 aliphatic carbocycles. The molecule has 0 bridgehead atoms. The van der Waals surface area contributed by atoms with E-state index in [0.29, 0.717) is 21.9 Å². The van der Waals surface area contributed by atoms with E-state index in [1.165, 1.54) is 19.2 Å². The molecular formula is C14H14F2N2O3S. The highest BCUT2D eigenvalue weighted by Gasteiger charge is 2.30. The van der Waals surface area contributed by atoms with Crippen molar-refractivity contribution in [3.63, 3.8) is 0 Å². The quantitative estimate of drug-likeness (QED) is 0.653. The first-order valence-electron chi connectivity index (χ1n) is 6.33. The summed E-state index contributed by atoms with van der Waals surface area (Å²) in [5.41, 5.74) is 1.42. The van der Waals surface area contributed by atoms with Gasteiger partial charge < -0.3 is 20.1 Å². The molecular weight excluding hydrogens is 314 g/mol. The first-order valence-corrected chi connectivity index (χ1v) is 6.74. The van der Waals surface area contributed by atoms with Crippen molar-refractivity contribution in [3.05, 3.63) is 41.1 Å². The number of halogens is 2. The van der Waals surface area contributed by atoms with Crippen LogP contribution in [0.3, 0.4) is 0 Å². The number of nitrogens with one attached hydrogen (secondary N) is 2. The van der Waals surface area contributed by atoms with Crippen molar-refractivity contribution in [2.45, 2.75) is 19.6 Å². The molecule has 1 heterocycles. The van der Waals surface area contributed by atoms with Gasteiger partial charge in [-0.15, -0.1) is 0 Å². The molecule has 1 aromatic carbocycles. The van der Waals surface area contributed by atoms with Crippen molar-refractivity contribution in [2.24, 2.45) is 0 Å². The van der Waals surface area contributed by atoms with Crippen LogP contribution in [-0.4, -0.2) is 24.8 Å². The van der Waals surface area contributed by atoms with Crippen LogP contribution >= 0.6 is 12.2 Å². The molecule has 2 rings (SSSR count). The fourth-order valence-electron chi connectivity index (χ4n) is 2.19. The van der Waals surface area contributed by atoms with E-state index in [9.17, 15) is 13.6 Å². The van der Waals surface area contributed by atoms with E-state index >= 15 is 0 Å². The predicted octanol–water partition coefficient (Wildman–Crippen LogP) is 2.25. The van der Waals surface area contributed by atoms with Gasteiger partial charge in [0.2, 0.25) is 0 Å². The minimum atomic E-state index is -2.92. The van der Waals surface area contributed by atoms with Crippen molar-refractivity contribution < 1.29 is 23.0 Å². The van der Waals surface area contributed by atoms with E-state index in [4.69, 9.17) is 17.0 Å². The molecule has 5 nitrogen and oxygen atoms in total. The van der Waals surface area contributed by atoms with Crippen LogP contribution in [0.25, 0.3) is 0 Å². The number of esters is 1. The largest absolute Gasteiger partial charge is 0.466 e. The number of hydrogen-bond donors (Lipinski definition) is 2. The van der Waals surface area contributed by atoms with Gasteiger partial charge in [0, 0.05) is 5.70 Å². The Morgan fingerprint density at radius 3 is 2.77 bits per heavy atom. The SMILES string of the molecule is COC(=O)C1=C(C)NC(=S)N[C@@H]1c1cccc(OC(F)F)c1. The van der Waals surface area contributed by atoms with Crippen molar-refractivity contribution in [1.29, 1.82) is 0 Å². The Hall–Kier alpha value is -2.22. The number of benzene rings is 1. The third-order valence-electron chi connectivity index (χ3n) is 3.09. The lowest BCUT2D eigenvalue weighted by molar-refractivity contribution is -0.136. The van der Waals surface area contributed by atoms with Crippen molar-refractivity contribution in [2.75, 3.05) is 7.11 Å². The number of hydrogen-bond acceptors (Lipinski definition) is 4. The van der Waals surface area contributed by atoms with Crippen LogP contribution in [0.1, 0.15) is 18.5 Å². The average Bonchev–Trinajstić information content (AvgIpc) is 2.45. The zero-order valence-corrected chi connectivity index (χ0v) is 12.7. The highest BCUT2D eigenvalue weighted by atomic mass is 32.1. The Kier molecular flexibility index (Phi) is 4.92. The zero-order valence-electron chi connectivity index (χ0n) is 11.9. The summed E-state index contributed by atoms with van der Waals surface area (Å²) in [4.78, 5) is 12.0. The van der Waals surface area contributed by atoms with Crippen LogP contribution in [0, 0.1) is 0 Å². The van der Waals surface area contributed by atoms with Crippen LogP contribution in [0.2, 0.25) is 0 Å². The van der Waals surface area contributed by atoms with E-state index in [0.717, 1.165) is 0 Å². The van der Waals surface area contributed by atoms with Gasteiger partial charge in [0.1, 0.15) is 5.75 Å². The fraction of sp³-hybridized carbons (Fsp3) is 0.286. The molecule has 0 fully saturated rings. The molecule has 0 amide bonds. The second kappa shape index (κ2) is 6.69. The first kappa shape index (κ1) is 16.2. The molecule has 0 unspecified atom stereocenters. The molecule has 0 aromatic heterocycles. The van der Waals surface area contributed by atoms with Gasteiger partial charge in [0.15, 0.2) is 5.11 Å². The Bertz CT molecular complexity index is 634. The van der Waals surface area contributed by atoms with Crippen LogP contribution in [0.5, 0.6) is 5.75 Å². The number of carbonyl (C=O) groups excluding carboxylic acids is 1. The van der Waals surface area contributed by atoms with Crippen molar-refractivity contribution in [3.8, 4) is 5.75 Å². The number of thiocarbonyl (C=S) groups is 1. The number of alkyl halides is 2. The highest BCUT2D eigenvalue weighted by Crippen LogP contribution is 2.29. The van der Waals surface area contributed by atoms with Gasteiger partial charge in [-0.25, -0.2) is 4.79 Å². The van der Waals surface area contributed by atoms with E-state index < -0.39 is 18.6 Å². The summed E-state index contributed by atoms with van der Waals surface area (Å²) < 4.78 is 33.8. The molecule has 8 heteroatoms. The van der Waals surface area contributed by atoms with E-state index in [-0.39, 0.29) is 5.75 Å². The highest BCUT2D eigenvalue weighted by molar-refractivity contribution is 7.80. The molecule has 0 spiro atoms. The van der Waals surface area contributed by atoms with Gasteiger partial charge in [-0.2, -0.15) is 8.78 Å². The van der Waals surface area contributed by atoms with Crippen LogP contribution in [0.15, 0.2) is 35.5 Å². The standard InChI is InChI=1S/C14H14F2N2O3S/c1-7-10(12(19)20-2)11(18-14(22)17-7)8-4-3-5-9(6-8)21-13(15)16/h3-6,11,13H,1-2H3,(H2,17,18,22)/t11-/m1/s1. The normalized spacial score (nSPS) is 17.9. The first-order chi connectivity index (χ1) is 10.4. The molecule has 1 aromatic rings. The number of rotatable bonds is 4. The molecule has 2 N–H and O–H groups in total. The van der Waals surface area contributed by atoms with Gasteiger partial charge >= 0.3 is 12.6 Å². The predicted molar refractivity (Wildman–Crippen MR) is 79.4 cm³/mol. The third-order valence-corrected chi connectivity index (χ3v) is 3.31.